The van der Waals surface area contributed by atoms with E-state index < -0.39 is 6.04 Å². The molecule has 1 aromatic carbocycles. The zero-order chi connectivity index (χ0) is 17.8. The van der Waals surface area contributed by atoms with Gasteiger partial charge in [0.15, 0.2) is 0 Å². The van der Waals surface area contributed by atoms with E-state index in [9.17, 15) is 9.59 Å². The fraction of sp³-hybridized carbons (Fsp3) is 0.350. The molecule has 130 valence electrons. The van der Waals surface area contributed by atoms with Crippen molar-refractivity contribution in [2.24, 2.45) is 0 Å². The Morgan fingerprint density at radius 1 is 1.08 bits per heavy atom. The highest BCUT2D eigenvalue weighted by Gasteiger charge is 2.36. The van der Waals surface area contributed by atoms with Gasteiger partial charge in [-0.2, -0.15) is 0 Å². The summed E-state index contributed by atoms with van der Waals surface area (Å²) < 4.78 is 0. The van der Waals surface area contributed by atoms with Crippen LogP contribution in [0.1, 0.15) is 23.9 Å². The largest absolute Gasteiger partial charge is 0.331 e. The van der Waals surface area contributed by atoms with Crippen LogP contribution in [0.5, 0.6) is 0 Å². The van der Waals surface area contributed by atoms with Gasteiger partial charge in [-0.25, -0.2) is 0 Å². The Bertz CT molecular complexity index is 761. The first-order valence-corrected chi connectivity index (χ1v) is 8.59. The second-order valence-electron chi connectivity index (χ2n) is 6.46. The normalized spacial score (nSPS) is 17.9. The second-order valence-corrected chi connectivity index (χ2v) is 6.46. The summed E-state index contributed by atoms with van der Waals surface area (Å²) in [6.45, 7) is 4.80. The van der Waals surface area contributed by atoms with E-state index in [0.29, 0.717) is 13.1 Å². The molecule has 0 aliphatic carbocycles. The van der Waals surface area contributed by atoms with Crippen molar-refractivity contribution in [2.45, 2.75) is 32.9 Å². The van der Waals surface area contributed by atoms with Crippen LogP contribution in [-0.4, -0.2) is 45.7 Å². The number of hydrogen-bond donors (Lipinski definition) is 0. The third kappa shape index (κ3) is 4.05. The van der Waals surface area contributed by atoms with Gasteiger partial charge in [-0.15, -0.1) is 0 Å². The summed E-state index contributed by atoms with van der Waals surface area (Å²) >= 11 is 0. The molecule has 2 aromatic rings. The summed E-state index contributed by atoms with van der Waals surface area (Å²) in [7, 11) is 0. The van der Waals surface area contributed by atoms with Crippen molar-refractivity contribution in [2.75, 3.05) is 13.1 Å². The molecule has 0 unspecified atom stereocenters. The van der Waals surface area contributed by atoms with E-state index in [1.807, 2.05) is 55.5 Å². The molecular formula is C20H23N3O2. The van der Waals surface area contributed by atoms with Gasteiger partial charge in [0.25, 0.3) is 0 Å². The van der Waals surface area contributed by atoms with Gasteiger partial charge in [0.1, 0.15) is 6.04 Å². The van der Waals surface area contributed by atoms with Gasteiger partial charge in [0.05, 0.1) is 18.8 Å². The molecular weight excluding hydrogens is 314 g/mol. The van der Waals surface area contributed by atoms with Crippen LogP contribution in [0.25, 0.3) is 0 Å². The van der Waals surface area contributed by atoms with Crippen molar-refractivity contribution < 1.29 is 9.59 Å². The highest BCUT2D eigenvalue weighted by Crippen LogP contribution is 2.16. The lowest BCUT2D eigenvalue weighted by atomic mass is 10.1. The molecule has 0 spiro atoms. The predicted octanol–water partition coefficient (Wildman–Crippen LogP) is 2.19. The van der Waals surface area contributed by atoms with E-state index in [2.05, 4.69) is 4.98 Å². The van der Waals surface area contributed by atoms with Crippen molar-refractivity contribution in [1.29, 1.82) is 0 Å². The van der Waals surface area contributed by atoms with Crippen molar-refractivity contribution in [3.8, 4) is 0 Å². The van der Waals surface area contributed by atoms with E-state index in [1.54, 1.807) is 16.7 Å². The summed E-state index contributed by atoms with van der Waals surface area (Å²) in [6.07, 6.45) is 0.756. The summed E-state index contributed by atoms with van der Waals surface area (Å²) in [5.41, 5.74) is 2.89. The standard InChI is InChI=1S/C20H23N3O2/c1-15-7-6-10-18(21-15)13-23-16(2)20(25)22(14-19(23)24)12-11-17-8-4-3-5-9-17/h3-10,16H,11-14H2,1-2H3/t16-/m0/s1. The SMILES string of the molecule is Cc1cccc(CN2C(=O)CN(CCc3ccccc3)C(=O)[C@@H]2C)n1. The zero-order valence-corrected chi connectivity index (χ0v) is 14.7. The van der Waals surface area contributed by atoms with Crippen LogP contribution in [0.3, 0.4) is 0 Å². The molecule has 0 bridgehead atoms. The maximum absolute atomic E-state index is 12.7. The molecule has 5 nitrogen and oxygen atoms in total. The molecule has 0 saturated carbocycles. The zero-order valence-electron chi connectivity index (χ0n) is 14.7. The number of carbonyl (C=O) groups excluding carboxylic acids is 2. The Kier molecular flexibility index (Phi) is 5.12. The summed E-state index contributed by atoms with van der Waals surface area (Å²) in [5, 5.41) is 0. The van der Waals surface area contributed by atoms with Gasteiger partial charge in [0, 0.05) is 12.2 Å². The monoisotopic (exact) mass is 337 g/mol. The number of piperazine rings is 1. The summed E-state index contributed by atoms with van der Waals surface area (Å²) in [4.78, 5) is 33.0. The number of carbonyl (C=O) groups is 2. The molecule has 1 saturated heterocycles. The molecule has 1 aliphatic rings. The van der Waals surface area contributed by atoms with Crippen LogP contribution in [0, 0.1) is 6.92 Å². The van der Waals surface area contributed by atoms with E-state index in [4.69, 9.17) is 0 Å². The molecule has 2 heterocycles. The Morgan fingerprint density at radius 3 is 2.56 bits per heavy atom. The number of hydrogen-bond acceptors (Lipinski definition) is 3. The van der Waals surface area contributed by atoms with E-state index >= 15 is 0 Å². The lowest BCUT2D eigenvalue weighted by Gasteiger charge is -2.38. The number of aromatic nitrogens is 1. The van der Waals surface area contributed by atoms with Gasteiger partial charge in [-0.05, 0) is 38.0 Å². The smallest absolute Gasteiger partial charge is 0.245 e. The molecule has 1 atom stereocenters. The van der Waals surface area contributed by atoms with E-state index in [-0.39, 0.29) is 18.4 Å². The number of amides is 2. The van der Waals surface area contributed by atoms with E-state index in [1.165, 1.54) is 5.56 Å². The molecule has 0 N–H and O–H groups in total. The minimum Gasteiger partial charge on any atom is -0.331 e. The van der Waals surface area contributed by atoms with Gasteiger partial charge < -0.3 is 9.80 Å². The third-order valence-electron chi connectivity index (χ3n) is 4.57. The lowest BCUT2D eigenvalue weighted by molar-refractivity contribution is -0.155. The van der Waals surface area contributed by atoms with Crippen molar-refractivity contribution >= 4 is 11.8 Å². The van der Waals surface area contributed by atoms with Gasteiger partial charge in [0.2, 0.25) is 11.8 Å². The summed E-state index contributed by atoms with van der Waals surface area (Å²) in [6, 6.07) is 15.3. The van der Waals surface area contributed by atoms with Crippen LogP contribution in [0.15, 0.2) is 48.5 Å². The maximum atomic E-state index is 12.7. The molecule has 5 heteroatoms. The Morgan fingerprint density at radius 2 is 1.84 bits per heavy atom. The number of rotatable bonds is 5. The Hall–Kier alpha value is -2.69. The van der Waals surface area contributed by atoms with Crippen LogP contribution >= 0.6 is 0 Å². The number of pyridine rings is 1. The van der Waals surface area contributed by atoms with Crippen molar-refractivity contribution in [1.82, 2.24) is 14.8 Å². The van der Waals surface area contributed by atoms with Crippen molar-refractivity contribution in [3.63, 3.8) is 0 Å². The fourth-order valence-electron chi connectivity index (χ4n) is 3.13. The average molecular weight is 337 g/mol. The number of aryl methyl sites for hydroxylation is 1. The predicted molar refractivity (Wildman–Crippen MR) is 95.7 cm³/mol. The minimum atomic E-state index is -0.459. The van der Waals surface area contributed by atoms with Crippen LogP contribution in [-0.2, 0) is 22.6 Å². The molecule has 0 radical (unpaired) electrons. The highest BCUT2D eigenvalue weighted by atomic mass is 16.2. The summed E-state index contributed by atoms with van der Waals surface area (Å²) in [5.74, 6) is -0.0216. The first-order valence-electron chi connectivity index (χ1n) is 8.59. The Labute approximate surface area is 148 Å². The first-order chi connectivity index (χ1) is 12.0. The average Bonchev–Trinajstić information content (AvgIpc) is 2.61. The molecule has 25 heavy (non-hydrogen) atoms. The molecule has 1 aliphatic heterocycles. The van der Waals surface area contributed by atoms with Gasteiger partial charge >= 0.3 is 0 Å². The lowest BCUT2D eigenvalue weighted by Crippen LogP contribution is -2.58. The van der Waals surface area contributed by atoms with Gasteiger partial charge in [-0.3, -0.25) is 14.6 Å². The molecule has 2 amide bonds. The van der Waals surface area contributed by atoms with Gasteiger partial charge in [-0.1, -0.05) is 36.4 Å². The molecule has 1 aromatic heterocycles. The van der Waals surface area contributed by atoms with Crippen LogP contribution < -0.4 is 0 Å². The number of nitrogens with zero attached hydrogens (tertiary/aromatic N) is 3. The number of benzene rings is 1. The molecule has 3 rings (SSSR count). The topological polar surface area (TPSA) is 53.5 Å². The van der Waals surface area contributed by atoms with Crippen LogP contribution in [0.4, 0.5) is 0 Å². The van der Waals surface area contributed by atoms with Crippen LogP contribution in [0.2, 0.25) is 0 Å². The quantitative estimate of drug-likeness (QED) is 0.840. The van der Waals surface area contributed by atoms with Crippen molar-refractivity contribution in [3.05, 3.63) is 65.5 Å². The maximum Gasteiger partial charge on any atom is 0.245 e. The second kappa shape index (κ2) is 7.47. The minimum absolute atomic E-state index is 0.00295. The highest BCUT2D eigenvalue weighted by molar-refractivity contribution is 5.94. The van der Waals surface area contributed by atoms with E-state index in [0.717, 1.165) is 17.8 Å². The Balaban J connectivity index is 1.65. The first kappa shape index (κ1) is 17.1. The fourth-order valence-corrected chi connectivity index (χ4v) is 3.13. The third-order valence-corrected chi connectivity index (χ3v) is 4.57. The molecule has 1 fully saturated rings.